The van der Waals surface area contributed by atoms with Crippen molar-refractivity contribution < 1.29 is 51.6 Å². The Morgan fingerprint density at radius 3 is 2.77 bits per heavy atom. The molecule has 0 aliphatic carbocycles. The van der Waals surface area contributed by atoms with Gasteiger partial charge in [-0.2, -0.15) is 15.1 Å². The van der Waals surface area contributed by atoms with Crippen LogP contribution in [0.15, 0.2) is 24.5 Å². The normalized spacial score (nSPS) is 25.1. The Morgan fingerprint density at radius 2 is 2.05 bits per heavy atom. The summed E-state index contributed by atoms with van der Waals surface area (Å²) < 4.78 is 69.4. The number of ether oxygens (including phenoxy) is 5. The lowest BCUT2D eigenvalue weighted by atomic mass is 9.98. The van der Waals surface area contributed by atoms with Crippen LogP contribution < -0.4 is 29.6 Å². The van der Waals surface area contributed by atoms with Crippen molar-refractivity contribution in [2.24, 2.45) is 0 Å². The number of benzene rings is 1. The van der Waals surface area contributed by atoms with Gasteiger partial charge >= 0.3 is 13.7 Å². The molecule has 1 aromatic carbocycles. The van der Waals surface area contributed by atoms with Gasteiger partial charge in [-0.3, -0.25) is 13.9 Å². The van der Waals surface area contributed by atoms with Crippen LogP contribution in [0.2, 0.25) is 0 Å². The van der Waals surface area contributed by atoms with E-state index in [1.165, 1.54) is 37.1 Å². The number of methoxy groups -OCH3 is 1. The number of carbonyl (C=O) groups excluding carboxylic acids is 1. The zero-order valence-electron chi connectivity index (χ0n) is 23.9. The maximum atomic E-state index is 16.0. The summed E-state index contributed by atoms with van der Waals surface area (Å²) in [5.41, 5.74) is 3.67. The summed E-state index contributed by atoms with van der Waals surface area (Å²) in [4.78, 5) is 24.7. The number of hydrogen-bond donors (Lipinski definition) is 3. The number of imidazole rings is 1. The van der Waals surface area contributed by atoms with E-state index in [9.17, 15) is 14.5 Å². The van der Waals surface area contributed by atoms with Crippen LogP contribution in [0.5, 0.6) is 23.1 Å². The number of nitrogens with two attached hydrogens (primary N) is 1. The molecule has 16 nitrogen and oxygen atoms in total. The van der Waals surface area contributed by atoms with Gasteiger partial charge < -0.3 is 39.0 Å². The molecule has 0 radical (unpaired) electrons. The Kier molecular flexibility index (Phi) is 8.37. The van der Waals surface area contributed by atoms with E-state index in [0.29, 0.717) is 11.5 Å². The van der Waals surface area contributed by atoms with Gasteiger partial charge in [0.1, 0.15) is 24.0 Å². The first kappa shape index (κ1) is 30.7. The number of rotatable bonds is 11. The van der Waals surface area contributed by atoms with Crippen molar-refractivity contribution in [1.82, 2.24) is 24.6 Å². The highest BCUT2D eigenvalue weighted by molar-refractivity contribution is 7.52. The topological polar surface area (TPSA) is 201 Å². The summed E-state index contributed by atoms with van der Waals surface area (Å²) >= 11 is 0. The molecule has 1 fully saturated rings. The monoisotopic (exact) mass is 626 g/mol. The lowest BCUT2D eigenvalue weighted by molar-refractivity contribution is -0.149. The Balaban J connectivity index is 1.38. The summed E-state index contributed by atoms with van der Waals surface area (Å²) in [6.07, 6.45) is -3.77. The maximum Gasteiger partial charge on any atom is 0.459 e. The molecule has 1 saturated heterocycles. The number of aromatic nitrogens is 4. The van der Waals surface area contributed by atoms with Crippen molar-refractivity contribution in [1.29, 1.82) is 0 Å². The highest BCUT2D eigenvalue weighted by atomic mass is 31.2. The number of hydrogen-bond acceptors (Lipinski definition) is 14. The average molecular weight is 627 g/mol. The Bertz CT molecular complexity index is 1550. The number of anilines is 1. The molecule has 5 rings (SSSR count). The quantitative estimate of drug-likeness (QED) is 0.207. The third kappa shape index (κ3) is 6.17. The zero-order valence-corrected chi connectivity index (χ0v) is 24.8. The third-order valence-corrected chi connectivity index (χ3v) is 8.25. The first-order chi connectivity index (χ1) is 20.3. The molecule has 4 N–H and O–H groups in total. The van der Waals surface area contributed by atoms with Gasteiger partial charge in [0, 0.05) is 6.07 Å². The standard InChI is InChI=1S/C25H32FN6O10P/c1-12(2)40-22(34)13(3)31-43(35,42-14-6-7-15-16(8-14)38-11-37-15)39-9-17-19(33)25(4,26)23(41-17)32-10-28-18-20(32)29-24(27)30-21(18)36-5/h6-8,10,12-13,17,19,23,33H,9,11H2,1-5H3,(H,31,35)(H2,27,29,30)/t13-,17+,19+,23+,25+,43+/m0/s1. The van der Waals surface area contributed by atoms with E-state index in [1.54, 1.807) is 19.9 Å². The van der Waals surface area contributed by atoms with Crippen molar-refractivity contribution in [3.8, 4) is 23.1 Å². The number of alkyl halides is 1. The first-order valence-corrected chi connectivity index (χ1v) is 14.7. The van der Waals surface area contributed by atoms with E-state index >= 15 is 4.39 Å². The van der Waals surface area contributed by atoms with Crippen LogP contribution in [0, 0.1) is 0 Å². The van der Waals surface area contributed by atoms with Gasteiger partial charge in [-0.25, -0.2) is 13.9 Å². The predicted molar refractivity (Wildman–Crippen MR) is 146 cm³/mol. The van der Waals surface area contributed by atoms with Gasteiger partial charge in [-0.05, 0) is 39.8 Å². The molecular weight excluding hydrogens is 594 g/mol. The fraction of sp³-hybridized carbons (Fsp3) is 0.520. The van der Waals surface area contributed by atoms with Crippen molar-refractivity contribution in [2.45, 2.75) is 63.9 Å². The van der Waals surface area contributed by atoms with Gasteiger partial charge in [0.25, 0.3) is 0 Å². The molecule has 234 valence electrons. The van der Waals surface area contributed by atoms with Crippen LogP contribution in [0.1, 0.15) is 33.9 Å². The molecule has 2 aromatic heterocycles. The highest BCUT2D eigenvalue weighted by Crippen LogP contribution is 2.49. The van der Waals surface area contributed by atoms with Crippen LogP contribution in [-0.2, 0) is 23.4 Å². The molecule has 0 bridgehead atoms. The first-order valence-electron chi connectivity index (χ1n) is 13.2. The molecule has 43 heavy (non-hydrogen) atoms. The van der Waals surface area contributed by atoms with Gasteiger partial charge in [0.2, 0.25) is 18.6 Å². The predicted octanol–water partition coefficient (Wildman–Crippen LogP) is 2.27. The second-order valence-electron chi connectivity index (χ2n) is 10.3. The molecule has 0 amide bonds. The fourth-order valence-electron chi connectivity index (χ4n) is 4.53. The summed E-state index contributed by atoms with van der Waals surface area (Å²) in [5.74, 6) is 0.0564. The maximum absolute atomic E-state index is 16.0. The van der Waals surface area contributed by atoms with Crippen LogP contribution in [0.25, 0.3) is 11.2 Å². The minimum Gasteiger partial charge on any atom is -0.479 e. The molecule has 0 saturated carbocycles. The van der Waals surface area contributed by atoms with E-state index in [4.69, 9.17) is 38.5 Å². The van der Waals surface area contributed by atoms with Crippen molar-refractivity contribution >= 4 is 30.8 Å². The number of esters is 1. The van der Waals surface area contributed by atoms with Crippen molar-refractivity contribution in [3.63, 3.8) is 0 Å². The Morgan fingerprint density at radius 1 is 1.30 bits per heavy atom. The molecule has 6 atom stereocenters. The van der Waals surface area contributed by atoms with Gasteiger partial charge in [-0.15, -0.1) is 0 Å². The number of nitrogen functional groups attached to an aromatic ring is 1. The Labute approximate surface area is 245 Å². The van der Waals surface area contributed by atoms with E-state index in [-0.39, 0.29) is 35.5 Å². The summed E-state index contributed by atoms with van der Waals surface area (Å²) in [6, 6.07) is 3.29. The number of nitrogens with one attached hydrogen (secondary N) is 1. The molecule has 2 aliphatic heterocycles. The smallest absolute Gasteiger partial charge is 0.459 e. The minimum absolute atomic E-state index is 0.000946. The number of aliphatic hydroxyl groups excluding tert-OH is 1. The molecule has 4 heterocycles. The summed E-state index contributed by atoms with van der Waals surface area (Å²) in [5, 5.41) is 13.5. The zero-order chi connectivity index (χ0) is 31.1. The van der Waals surface area contributed by atoms with E-state index < -0.39 is 56.6 Å². The van der Waals surface area contributed by atoms with Gasteiger partial charge in [0.05, 0.1) is 26.1 Å². The number of halogens is 1. The molecule has 0 spiro atoms. The molecule has 3 aromatic rings. The molecular formula is C25H32FN6O10P. The van der Waals surface area contributed by atoms with E-state index in [2.05, 4.69) is 20.0 Å². The van der Waals surface area contributed by atoms with E-state index in [0.717, 1.165) is 6.92 Å². The number of aliphatic hydroxyl groups is 1. The minimum atomic E-state index is -4.41. The summed E-state index contributed by atoms with van der Waals surface area (Å²) in [7, 11) is -3.05. The molecule has 0 unspecified atom stereocenters. The van der Waals surface area contributed by atoms with Crippen LogP contribution in [0.3, 0.4) is 0 Å². The number of carbonyl (C=O) groups is 1. The number of nitrogens with zero attached hydrogens (tertiary/aromatic N) is 4. The Hall–Kier alpha value is -3.76. The van der Waals surface area contributed by atoms with Gasteiger partial charge in [-0.1, -0.05) is 0 Å². The summed E-state index contributed by atoms with van der Waals surface area (Å²) in [6.45, 7) is 5.23. The van der Waals surface area contributed by atoms with Gasteiger partial charge in [0.15, 0.2) is 34.6 Å². The van der Waals surface area contributed by atoms with Crippen LogP contribution in [-0.4, -0.2) is 81.1 Å². The van der Waals surface area contributed by atoms with Crippen LogP contribution in [0.4, 0.5) is 10.3 Å². The molecule has 18 heteroatoms. The van der Waals surface area contributed by atoms with Crippen molar-refractivity contribution in [2.75, 3.05) is 26.2 Å². The second kappa shape index (κ2) is 11.7. The van der Waals surface area contributed by atoms with Crippen molar-refractivity contribution in [3.05, 3.63) is 24.5 Å². The fourth-order valence-corrected chi connectivity index (χ4v) is 6.02. The number of fused-ring (bicyclic) bond motifs is 2. The largest absolute Gasteiger partial charge is 0.479 e. The third-order valence-electron chi connectivity index (χ3n) is 6.61. The van der Waals surface area contributed by atoms with Crippen LogP contribution >= 0.6 is 7.75 Å². The lowest BCUT2D eigenvalue weighted by Crippen LogP contribution is -2.41. The van der Waals surface area contributed by atoms with E-state index in [1.807, 2.05) is 0 Å². The molecule has 2 aliphatic rings. The highest BCUT2D eigenvalue weighted by Gasteiger charge is 2.56. The lowest BCUT2D eigenvalue weighted by Gasteiger charge is -2.25. The average Bonchev–Trinajstić information content (AvgIpc) is 3.63. The second-order valence-corrected chi connectivity index (χ2v) is 12.0. The SMILES string of the molecule is COc1nc(N)nc2c1ncn2[C@@H]1O[C@H](CO[P@](=O)(N[C@@H](C)C(=O)OC(C)C)Oc2ccc3c(c2)OCO3)[C@@H](O)[C@@]1(C)F.